The summed E-state index contributed by atoms with van der Waals surface area (Å²) in [5.74, 6) is 0.861. The normalized spacial score (nSPS) is 11.8. The van der Waals surface area contributed by atoms with Crippen molar-refractivity contribution < 1.29 is 0 Å². The van der Waals surface area contributed by atoms with Crippen molar-refractivity contribution in [2.24, 2.45) is 12.0 Å². The number of rotatable bonds is 4. The molecule has 114 valence electrons. The summed E-state index contributed by atoms with van der Waals surface area (Å²) >= 11 is 5.16. The van der Waals surface area contributed by atoms with Crippen LogP contribution in [0.15, 0.2) is 27.1 Å². The minimum absolute atomic E-state index is 0.701. The van der Waals surface area contributed by atoms with Crippen molar-refractivity contribution >= 4 is 33.2 Å². The van der Waals surface area contributed by atoms with Gasteiger partial charge in [-0.2, -0.15) is 0 Å². The van der Waals surface area contributed by atoms with Crippen LogP contribution in [-0.2, 0) is 20.1 Å². The third kappa shape index (κ3) is 4.31. The van der Waals surface area contributed by atoms with Gasteiger partial charge in [-0.1, -0.05) is 0 Å². The van der Waals surface area contributed by atoms with Crippen LogP contribution in [0.25, 0.3) is 0 Å². The van der Waals surface area contributed by atoms with Gasteiger partial charge in [0.1, 0.15) is 5.01 Å². The molecule has 2 rings (SSSR count). The van der Waals surface area contributed by atoms with Gasteiger partial charge in [0.25, 0.3) is 0 Å². The molecule has 0 saturated heterocycles. The maximum Gasteiger partial charge on any atom is 0.194 e. The lowest BCUT2D eigenvalue weighted by Gasteiger charge is -2.22. The van der Waals surface area contributed by atoms with Crippen LogP contribution in [0.1, 0.15) is 16.4 Å². The summed E-state index contributed by atoms with van der Waals surface area (Å²) in [6, 6.07) is 2.12. The summed E-state index contributed by atoms with van der Waals surface area (Å²) in [6.07, 6.45) is 2.05. The zero-order chi connectivity index (χ0) is 15.4. The van der Waals surface area contributed by atoms with Gasteiger partial charge in [-0.3, -0.25) is 4.99 Å². The Morgan fingerprint density at radius 1 is 1.57 bits per heavy atom. The summed E-state index contributed by atoms with van der Waals surface area (Å²) in [7, 11) is 5.87. The molecular weight excluding hydrogens is 350 g/mol. The summed E-state index contributed by atoms with van der Waals surface area (Å²) < 4.78 is 3.20. The molecular formula is C14H20BrN5S. The number of hydrogen-bond acceptors (Lipinski definition) is 3. The van der Waals surface area contributed by atoms with Crippen LogP contribution in [0.5, 0.6) is 0 Å². The largest absolute Gasteiger partial charge is 0.352 e. The lowest BCUT2D eigenvalue weighted by Crippen LogP contribution is -2.38. The molecule has 2 heterocycles. The Hall–Kier alpha value is -1.34. The fourth-order valence-electron chi connectivity index (χ4n) is 2.06. The van der Waals surface area contributed by atoms with Crippen molar-refractivity contribution in [3.8, 4) is 0 Å². The van der Waals surface area contributed by atoms with Gasteiger partial charge >= 0.3 is 0 Å². The Kier molecular flexibility index (Phi) is 5.41. The number of halogens is 1. The molecule has 0 saturated carbocycles. The highest BCUT2D eigenvalue weighted by molar-refractivity contribution is 9.10. The third-order valence-corrected chi connectivity index (χ3v) is 4.51. The minimum atomic E-state index is 0.701. The van der Waals surface area contributed by atoms with Crippen molar-refractivity contribution in [2.75, 3.05) is 14.1 Å². The standard InChI is InChI=1S/C14H20BrN5S/c1-10-9-21-13(18-10)6-17-14(16-2)20(4)8-12-5-11(15)7-19(12)3/h5,7,9H,6,8H2,1-4H3,(H,16,17). The van der Waals surface area contributed by atoms with Gasteiger partial charge in [-0.25, -0.2) is 4.98 Å². The minimum Gasteiger partial charge on any atom is -0.352 e. The van der Waals surface area contributed by atoms with Crippen LogP contribution < -0.4 is 5.32 Å². The Morgan fingerprint density at radius 3 is 2.86 bits per heavy atom. The topological polar surface area (TPSA) is 45.5 Å². The molecule has 0 unspecified atom stereocenters. The smallest absolute Gasteiger partial charge is 0.194 e. The molecule has 0 atom stereocenters. The predicted octanol–water partition coefficient (Wildman–Crippen LogP) is 2.76. The van der Waals surface area contributed by atoms with Crippen molar-refractivity contribution in [3.05, 3.63) is 38.5 Å². The van der Waals surface area contributed by atoms with E-state index < -0.39 is 0 Å². The molecule has 2 aromatic heterocycles. The fourth-order valence-corrected chi connectivity index (χ4v) is 3.35. The zero-order valence-corrected chi connectivity index (χ0v) is 15.1. The van der Waals surface area contributed by atoms with Gasteiger partial charge in [0.15, 0.2) is 5.96 Å². The molecule has 2 aromatic rings. The zero-order valence-electron chi connectivity index (χ0n) is 12.7. The van der Waals surface area contributed by atoms with Gasteiger partial charge in [-0.05, 0) is 28.9 Å². The van der Waals surface area contributed by atoms with E-state index in [0.717, 1.165) is 27.7 Å². The number of aromatic nitrogens is 2. The second kappa shape index (κ2) is 7.09. The van der Waals surface area contributed by atoms with E-state index in [1.54, 1.807) is 18.4 Å². The van der Waals surface area contributed by atoms with E-state index in [2.05, 4.69) is 58.3 Å². The van der Waals surface area contributed by atoms with Gasteiger partial charge in [0, 0.05) is 48.6 Å². The average molecular weight is 370 g/mol. The summed E-state index contributed by atoms with van der Waals surface area (Å²) in [6.45, 7) is 3.50. The van der Waals surface area contributed by atoms with Crippen LogP contribution in [0.2, 0.25) is 0 Å². The highest BCUT2D eigenvalue weighted by Gasteiger charge is 2.10. The lowest BCUT2D eigenvalue weighted by atomic mass is 10.4. The molecule has 0 aliphatic heterocycles. The van der Waals surface area contributed by atoms with Gasteiger partial charge in [0.2, 0.25) is 0 Å². The van der Waals surface area contributed by atoms with E-state index in [0.29, 0.717) is 6.54 Å². The van der Waals surface area contributed by atoms with E-state index in [1.807, 2.05) is 21.0 Å². The van der Waals surface area contributed by atoms with E-state index in [9.17, 15) is 0 Å². The van der Waals surface area contributed by atoms with Crippen molar-refractivity contribution in [1.29, 1.82) is 0 Å². The predicted molar refractivity (Wildman–Crippen MR) is 91.6 cm³/mol. The second-order valence-electron chi connectivity index (χ2n) is 4.90. The maximum atomic E-state index is 4.45. The van der Waals surface area contributed by atoms with Crippen molar-refractivity contribution in [2.45, 2.75) is 20.0 Å². The highest BCUT2D eigenvalue weighted by Crippen LogP contribution is 2.15. The quantitative estimate of drug-likeness (QED) is 0.665. The number of thiazole rings is 1. The van der Waals surface area contributed by atoms with E-state index in [-0.39, 0.29) is 0 Å². The Morgan fingerprint density at radius 2 is 2.33 bits per heavy atom. The summed E-state index contributed by atoms with van der Waals surface area (Å²) in [5, 5.41) is 6.48. The molecule has 0 aliphatic rings. The second-order valence-corrected chi connectivity index (χ2v) is 6.76. The molecule has 5 nitrogen and oxygen atoms in total. The number of nitrogens with one attached hydrogen (secondary N) is 1. The first kappa shape index (κ1) is 16.0. The molecule has 0 amide bonds. The molecule has 0 spiro atoms. The first-order chi connectivity index (χ1) is 9.99. The number of guanidine groups is 1. The van der Waals surface area contributed by atoms with Gasteiger partial charge < -0.3 is 14.8 Å². The fraction of sp³-hybridized carbons (Fsp3) is 0.429. The van der Waals surface area contributed by atoms with E-state index in [1.165, 1.54) is 5.69 Å². The SMILES string of the molecule is CN=C(NCc1nc(C)cs1)N(C)Cc1cc(Br)cn1C. The Bertz CT molecular complexity index is 631. The Balaban J connectivity index is 1.95. The molecule has 0 aromatic carbocycles. The van der Waals surface area contributed by atoms with Crippen LogP contribution in [0, 0.1) is 6.92 Å². The van der Waals surface area contributed by atoms with E-state index in [4.69, 9.17) is 0 Å². The average Bonchev–Trinajstić information content (AvgIpc) is 2.96. The molecule has 0 aliphatic carbocycles. The third-order valence-electron chi connectivity index (χ3n) is 3.11. The first-order valence-corrected chi connectivity index (χ1v) is 8.30. The molecule has 0 bridgehead atoms. The number of hydrogen-bond donors (Lipinski definition) is 1. The number of nitrogens with zero attached hydrogens (tertiary/aromatic N) is 4. The summed E-state index contributed by atoms with van der Waals surface area (Å²) in [4.78, 5) is 10.9. The van der Waals surface area contributed by atoms with Crippen LogP contribution in [0.3, 0.4) is 0 Å². The summed E-state index contributed by atoms with van der Waals surface area (Å²) in [5.41, 5.74) is 2.28. The molecule has 0 radical (unpaired) electrons. The maximum absolute atomic E-state index is 4.45. The lowest BCUT2D eigenvalue weighted by molar-refractivity contribution is 0.461. The highest BCUT2D eigenvalue weighted by atomic mass is 79.9. The number of aryl methyl sites for hydroxylation is 2. The Labute approximate surface area is 137 Å². The van der Waals surface area contributed by atoms with Gasteiger partial charge in [-0.15, -0.1) is 11.3 Å². The molecule has 7 heteroatoms. The first-order valence-electron chi connectivity index (χ1n) is 6.63. The van der Waals surface area contributed by atoms with Crippen LogP contribution in [-0.4, -0.2) is 34.5 Å². The van der Waals surface area contributed by atoms with Gasteiger partial charge in [0.05, 0.1) is 13.1 Å². The van der Waals surface area contributed by atoms with Crippen LogP contribution in [0.4, 0.5) is 0 Å². The van der Waals surface area contributed by atoms with Crippen molar-refractivity contribution in [1.82, 2.24) is 19.8 Å². The molecule has 0 fully saturated rings. The molecule has 1 N–H and O–H groups in total. The van der Waals surface area contributed by atoms with Crippen LogP contribution >= 0.6 is 27.3 Å². The van der Waals surface area contributed by atoms with Crippen molar-refractivity contribution in [3.63, 3.8) is 0 Å². The molecule has 21 heavy (non-hydrogen) atoms. The monoisotopic (exact) mass is 369 g/mol. The van der Waals surface area contributed by atoms with E-state index >= 15 is 0 Å². The number of aliphatic imine (C=N–C) groups is 1.